The van der Waals surface area contributed by atoms with Gasteiger partial charge in [0, 0.05) is 24.5 Å². The molecule has 1 heterocycles. The van der Waals surface area contributed by atoms with Crippen LogP contribution in [-0.4, -0.2) is 29.5 Å². The van der Waals surface area contributed by atoms with Crippen molar-refractivity contribution in [2.75, 3.05) is 6.54 Å². The summed E-state index contributed by atoms with van der Waals surface area (Å²) in [7, 11) is 0. The summed E-state index contributed by atoms with van der Waals surface area (Å²) in [4.78, 5) is 36.2. The van der Waals surface area contributed by atoms with Crippen molar-refractivity contribution in [2.45, 2.75) is 39.2 Å². The van der Waals surface area contributed by atoms with Gasteiger partial charge < -0.3 is 15.0 Å². The van der Waals surface area contributed by atoms with Crippen LogP contribution in [0.4, 0.5) is 4.79 Å². The minimum Gasteiger partial charge on any atom is -0.444 e. The minimum absolute atomic E-state index is 0.112. The number of carbonyl (C=O) groups excluding carboxylic acids is 2. The summed E-state index contributed by atoms with van der Waals surface area (Å²) in [6, 6.07) is 1.40. The third kappa shape index (κ3) is 5.69. The molecule has 0 saturated carbocycles. The van der Waals surface area contributed by atoms with Crippen LogP contribution in [0.2, 0.25) is 0 Å². The van der Waals surface area contributed by atoms with Crippen LogP contribution in [0.1, 0.15) is 43.2 Å². The third-order valence-electron chi connectivity index (χ3n) is 2.42. The van der Waals surface area contributed by atoms with Gasteiger partial charge in [-0.2, -0.15) is 0 Å². The van der Waals surface area contributed by atoms with Crippen molar-refractivity contribution < 1.29 is 14.3 Å². The van der Waals surface area contributed by atoms with Gasteiger partial charge in [-0.15, -0.1) is 0 Å². The number of aromatic amines is 1. The van der Waals surface area contributed by atoms with Gasteiger partial charge in [-0.25, -0.2) is 4.79 Å². The molecule has 1 aromatic heterocycles. The Labute approximate surface area is 117 Å². The number of carbonyl (C=O) groups is 2. The zero-order chi connectivity index (χ0) is 15.2. The summed E-state index contributed by atoms with van der Waals surface area (Å²) in [5, 5.41) is 2.64. The summed E-state index contributed by atoms with van der Waals surface area (Å²) in [5.41, 5.74) is 0.0288. The number of hydrogen-bond donors (Lipinski definition) is 2. The first-order chi connectivity index (χ1) is 9.31. The molecule has 0 aliphatic rings. The van der Waals surface area contributed by atoms with E-state index < -0.39 is 11.7 Å². The van der Waals surface area contributed by atoms with Crippen molar-refractivity contribution >= 4 is 12.4 Å². The monoisotopic (exact) mass is 280 g/mol. The summed E-state index contributed by atoms with van der Waals surface area (Å²) < 4.78 is 5.09. The second kappa shape index (κ2) is 6.88. The molecule has 0 aliphatic carbocycles. The molecule has 0 radical (unpaired) electrons. The van der Waals surface area contributed by atoms with Crippen LogP contribution >= 0.6 is 0 Å². The Morgan fingerprint density at radius 1 is 1.45 bits per heavy atom. The molecule has 0 atom stereocenters. The lowest BCUT2D eigenvalue weighted by molar-refractivity contribution is 0.0527. The lowest BCUT2D eigenvalue weighted by Gasteiger charge is -2.19. The van der Waals surface area contributed by atoms with Crippen molar-refractivity contribution in [3.05, 3.63) is 33.7 Å². The molecular formula is C14H20N2O4. The Balaban J connectivity index is 2.35. The molecule has 0 unspecified atom stereocenters. The average Bonchev–Trinajstić information content (AvgIpc) is 2.33. The Hall–Kier alpha value is -2.11. The molecule has 1 amide bonds. The van der Waals surface area contributed by atoms with E-state index in [1.165, 1.54) is 12.3 Å². The fourth-order valence-electron chi connectivity index (χ4n) is 1.54. The Bertz CT molecular complexity index is 529. The van der Waals surface area contributed by atoms with E-state index in [0.717, 1.165) is 5.69 Å². The molecule has 0 aromatic carbocycles. The Kier molecular flexibility index (Phi) is 5.49. The standard InChI is InChI=1S/C14H20N2O4/c1-14(2,3)20-13(19)15-6-4-5-11-7-12(18)10(9-17)8-16-11/h7-9H,4-6H2,1-3H3,(H,15,19)(H,16,18). The maximum absolute atomic E-state index is 11.4. The maximum Gasteiger partial charge on any atom is 0.407 e. The second-order valence-corrected chi connectivity index (χ2v) is 5.43. The highest BCUT2D eigenvalue weighted by atomic mass is 16.6. The number of nitrogens with one attached hydrogen (secondary N) is 2. The van der Waals surface area contributed by atoms with Crippen molar-refractivity contribution in [1.29, 1.82) is 0 Å². The molecule has 1 aromatic rings. The van der Waals surface area contributed by atoms with Gasteiger partial charge in [0.15, 0.2) is 11.7 Å². The van der Waals surface area contributed by atoms with Crippen LogP contribution in [0, 0.1) is 0 Å². The summed E-state index contributed by atoms with van der Waals surface area (Å²) in [6.07, 6.45) is 2.72. The SMILES string of the molecule is CC(C)(C)OC(=O)NCCCc1cc(=O)c(C=O)c[nH]1. The van der Waals surface area contributed by atoms with Crippen molar-refractivity contribution in [2.24, 2.45) is 0 Å². The van der Waals surface area contributed by atoms with E-state index in [2.05, 4.69) is 10.3 Å². The molecule has 1 rings (SSSR count). The molecule has 0 fully saturated rings. The van der Waals surface area contributed by atoms with E-state index in [1.807, 2.05) is 0 Å². The molecule has 6 nitrogen and oxygen atoms in total. The summed E-state index contributed by atoms with van der Waals surface area (Å²) in [6.45, 7) is 5.84. The molecule has 0 bridgehead atoms. The zero-order valence-electron chi connectivity index (χ0n) is 12.0. The van der Waals surface area contributed by atoms with Gasteiger partial charge >= 0.3 is 6.09 Å². The van der Waals surface area contributed by atoms with Crippen LogP contribution in [0.3, 0.4) is 0 Å². The van der Waals surface area contributed by atoms with Gasteiger partial charge in [0.25, 0.3) is 0 Å². The molecule has 6 heteroatoms. The molecular weight excluding hydrogens is 260 g/mol. The molecule has 0 aliphatic heterocycles. The normalized spacial score (nSPS) is 10.9. The first-order valence-corrected chi connectivity index (χ1v) is 6.45. The lowest BCUT2D eigenvalue weighted by atomic mass is 10.2. The molecule has 0 saturated heterocycles. The van der Waals surface area contributed by atoms with Crippen molar-refractivity contribution in [3.63, 3.8) is 0 Å². The van der Waals surface area contributed by atoms with Crippen LogP contribution in [0.15, 0.2) is 17.1 Å². The number of aldehydes is 1. The van der Waals surface area contributed by atoms with Crippen LogP contribution in [0.25, 0.3) is 0 Å². The fourth-order valence-corrected chi connectivity index (χ4v) is 1.54. The van der Waals surface area contributed by atoms with Gasteiger partial charge in [-0.3, -0.25) is 9.59 Å². The largest absolute Gasteiger partial charge is 0.444 e. The van der Waals surface area contributed by atoms with E-state index in [0.29, 0.717) is 25.7 Å². The number of alkyl carbamates (subject to hydrolysis) is 1. The van der Waals surface area contributed by atoms with Crippen molar-refractivity contribution in [3.8, 4) is 0 Å². The predicted octanol–water partition coefficient (Wildman–Crippen LogP) is 1.64. The Morgan fingerprint density at radius 2 is 2.15 bits per heavy atom. The minimum atomic E-state index is -0.514. The number of ether oxygens (including phenoxy) is 1. The van der Waals surface area contributed by atoms with E-state index in [4.69, 9.17) is 4.74 Å². The quantitative estimate of drug-likeness (QED) is 0.634. The smallest absolute Gasteiger partial charge is 0.407 e. The molecule has 110 valence electrons. The molecule has 0 spiro atoms. The lowest BCUT2D eigenvalue weighted by Crippen LogP contribution is -2.33. The fraction of sp³-hybridized carbons (Fsp3) is 0.500. The van der Waals surface area contributed by atoms with Gasteiger partial charge in [0.2, 0.25) is 0 Å². The number of H-pyrrole nitrogens is 1. The van der Waals surface area contributed by atoms with Crippen molar-refractivity contribution in [1.82, 2.24) is 10.3 Å². The van der Waals surface area contributed by atoms with E-state index in [9.17, 15) is 14.4 Å². The Morgan fingerprint density at radius 3 is 2.70 bits per heavy atom. The predicted molar refractivity (Wildman–Crippen MR) is 75.0 cm³/mol. The van der Waals surface area contributed by atoms with Crippen LogP contribution in [-0.2, 0) is 11.2 Å². The number of rotatable bonds is 5. The highest BCUT2D eigenvalue weighted by Crippen LogP contribution is 2.06. The summed E-state index contributed by atoms with van der Waals surface area (Å²) in [5.74, 6) is 0. The number of aromatic nitrogens is 1. The number of aryl methyl sites for hydroxylation is 1. The number of hydrogen-bond acceptors (Lipinski definition) is 4. The average molecular weight is 280 g/mol. The van der Waals surface area contributed by atoms with Gasteiger partial charge in [-0.05, 0) is 33.6 Å². The highest BCUT2D eigenvalue weighted by Gasteiger charge is 2.15. The van der Waals surface area contributed by atoms with Gasteiger partial charge in [-0.1, -0.05) is 0 Å². The topological polar surface area (TPSA) is 88.3 Å². The zero-order valence-corrected chi connectivity index (χ0v) is 12.0. The van der Waals surface area contributed by atoms with Crippen LogP contribution < -0.4 is 10.7 Å². The second-order valence-electron chi connectivity index (χ2n) is 5.43. The first kappa shape index (κ1) is 15.9. The summed E-state index contributed by atoms with van der Waals surface area (Å²) >= 11 is 0. The molecule has 2 N–H and O–H groups in total. The third-order valence-corrected chi connectivity index (χ3v) is 2.42. The highest BCUT2D eigenvalue weighted by molar-refractivity contribution is 5.73. The maximum atomic E-state index is 11.4. The number of pyridine rings is 1. The van der Waals surface area contributed by atoms with Gasteiger partial charge in [0.1, 0.15) is 5.60 Å². The number of amides is 1. The van der Waals surface area contributed by atoms with Crippen LogP contribution in [0.5, 0.6) is 0 Å². The van der Waals surface area contributed by atoms with E-state index in [-0.39, 0.29) is 11.0 Å². The molecule has 20 heavy (non-hydrogen) atoms. The van der Waals surface area contributed by atoms with E-state index in [1.54, 1.807) is 20.8 Å². The van der Waals surface area contributed by atoms with Gasteiger partial charge in [0.05, 0.1) is 5.56 Å². The van der Waals surface area contributed by atoms with E-state index >= 15 is 0 Å². The first-order valence-electron chi connectivity index (χ1n) is 6.45.